The third kappa shape index (κ3) is 7.40. The molecular weight excluding hydrogens is 723 g/mol. The van der Waals surface area contributed by atoms with Crippen LogP contribution in [0.3, 0.4) is 0 Å². The van der Waals surface area contributed by atoms with Gasteiger partial charge in [0.05, 0.1) is 6.10 Å². The summed E-state index contributed by atoms with van der Waals surface area (Å²) in [5.74, 6) is -0.706. The van der Waals surface area contributed by atoms with Crippen LogP contribution in [0.25, 0.3) is 44.3 Å². The van der Waals surface area contributed by atoms with Crippen LogP contribution < -0.4 is 4.90 Å². The first kappa shape index (κ1) is 38.3. The molecule has 0 amide bonds. The van der Waals surface area contributed by atoms with Crippen LogP contribution in [0.4, 0.5) is 5.69 Å². The highest BCUT2D eigenvalue weighted by atomic mass is 32.2. The fourth-order valence-electron chi connectivity index (χ4n) is 8.86. The molecule has 0 heterocycles. The summed E-state index contributed by atoms with van der Waals surface area (Å²) < 4.78 is 0. The van der Waals surface area contributed by atoms with Gasteiger partial charge in [0.15, 0.2) is 0 Å². The highest BCUT2D eigenvalue weighted by Crippen LogP contribution is 2.53. The molecule has 8 rings (SSSR count). The molecule has 57 heavy (non-hydrogen) atoms. The van der Waals surface area contributed by atoms with Crippen LogP contribution in [0.15, 0.2) is 132 Å². The number of thioether (sulfide) groups is 1. The number of carbonyl (C=O) groups is 1. The molecule has 2 aliphatic rings. The highest BCUT2D eigenvalue weighted by Gasteiger charge is 2.37. The second kappa shape index (κ2) is 14.7. The number of hydrogen-bond donors (Lipinski definition) is 3. The Balaban J connectivity index is 1.29. The van der Waals surface area contributed by atoms with Gasteiger partial charge in [-0.2, -0.15) is 0 Å². The van der Waals surface area contributed by atoms with Gasteiger partial charge in [0.1, 0.15) is 11.3 Å². The van der Waals surface area contributed by atoms with Crippen molar-refractivity contribution in [3.8, 4) is 16.9 Å². The maximum absolute atomic E-state index is 12.0. The molecule has 1 atom stereocenters. The van der Waals surface area contributed by atoms with Crippen LogP contribution in [-0.4, -0.2) is 35.4 Å². The maximum atomic E-state index is 12.0. The van der Waals surface area contributed by atoms with Crippen LogP contribution in [0.5, 0.6) is 5.75 Å². The number of aliphatic hydroxyl groups is 1. The van der Waals surface area contributed by atoms with Crippen molar-refractivity contribution in [2.75, 3.05) is 19.0 Å². The van der Waals surface area contributed by atoms with E-state index in [4.69, 9.17) is 0 Å². The molecule has 6 aromatic rings. The van der Waals surface area contributed by atoms with E-state index in [2.05, 4.69) is 132 Å². The molecule has 1 unspecified atom stereocenters. The molecule has 3 N–H and O–H groups in total. The minimum Gasteiger partial charge on any atom is -0.507 e. The Bertz CT molecular complexity index is 2660. The van der Waals surface area contributed by atoms with Gasteiger partial charge in [0.25, 0.3) is 0 Å². The van der Waals surface area contributed by atoms with Crippen LogP contribution in [-0.2, 0) is 11.2 Å². The number of anilines is 1. The molecule has 0 saturated carbocycles. The summed E-state index contributed by atoms with van der Waals surface area (Å²) in [6.07, 6.45) is 9.27. The van der Waals surface area contributed by atoms with E-state index in [0.717, 1.165) is 46.1 Å². The van der Waals surface area contributed by atoms with Gasteiger partial charge in [-0.1, -0.05) is 124 Å². The Hall–Kier alpha value is -5.56. The Morgan fingerprint density at radius 3 is 2.33 bits per heavy atom. The summed E-state index contributed by atoms with van der Waals surface area (Å²) in [6, 6.07) is 34.8. The van der Waals surface area contributed by atoms with Crippen LogP contribution in [0.2, 0.25) is 0 Å². The highest BCUT2D eigenvalue weighted by molar-refractivity contribution is 7.98. The smallest absolute Gasteiger partial charge is 0.339 e. The lowest BCUT2D eigenvalue weighted by Gasteiger charge is -2.40. The lowest BCUT2D eigenvalue weighted by molar-refractivity contribution is 0.0693. The molecule has 0 bridgehead atoms. The summed E-state index contributed by atoms with van der Waals surface area (Å²) >= 11 is 1.87. The number of nitrogens with zero attached hydrogens (tertiary/aromatic N) is 1. The maximum Gasteiger partial charge on any atom is 0.339 e. The lowest BCUT2D eigenvalue weighted by atomic mass is 9.64. The Morgan fingerprint density at radius 2 is 1.60 bits per heavy atom. The van der Waals surface area contributed by atoms with Crippen LogP contribution >= 0.6 is 11.8 Å². The summed E-state index contributed by atoms with van der Waals surface area (Å²) in [4.78, 5) is 14.8. The molecule has 6 heteroatoms. The number of carboxylic acids is 1. The average molecular weight is 772 g/mol. The van der Waals surface area contributed by atoms with Crippen molar-refractivity contribution in [1.82, 2.24) is 0 Å². The van der Waals surface area contributed by atoms with Gasteiger partial charge in [-0.25, -0.2) is 4.79 Å². The molecule has 2 aliphatic carbocycles. The molecule has 0 aromatic heterocycles. The number of phenols is 1. The molecule has 0 spiro atoms. The van der Waals surface area contributed by atoms with Crippen LogP contribution in [0, 0.1) is 5.41 Å². The standard InChI is InChI=1S/C51H49NO4S/c1-50(2)24-23-38-36(28-50)29-51(3,4)48-41(38)21-16-34-26-35(27-45(46(34)48)57-30-32-11-17-37(18-12-32)52(5)6)40-20-15-33-9-7-8-10-39(33)47(40)43(53)22-14-31-13-19-42(49(55)56)44(54)25-31/h7-27,43,53-54H,28-30H2,1-6H3,(H,55,56). The first-order chi connectivity index (χ1) is 27.2. The van der Waals surface area contributed by atoms with Crippen LogP contribution in [0.1, 0.15) is 84.8 Å². The summed E-state index contributed by atoms with van der Waals surface area (Å²) in [5, 5.41) is 36.2. The molecule has 0 aliphatic heterocycles. The number of rotatable bonds is 9. The monoisotopic (exact) mass is 771 g/mol. The number of allylic oxidation sites excluding steroid dienone is 4. The molecule has 0 radical (unpaired) electrons. The second-order valence-electron chi connectivity index (χ2n) is 17.1. The SMILES string of the molecule is CN(C)c1ccc(CSc2cc(-c3ccc4ccccc4c3C(O)C=Cc3ccc(C(=O)O)c(O)c3)cc3ccc4c(c23)C(C)(C)CC2=C4C=CC(C)(C)C2)cc1. The first-order valence-corrected chi connectivity index (χ1v) is 20.5. The van der Waals surface area contributed by atoms with E-state index in [0.29, 0.717) is 5.56 Å². The van der Waals surface area contributed by atoms with E-state index in [1.54, 1.807) is 23.8 Å². The van der Waals surface area contributed by atoms with Crippen molar-refractivity contribution in [2.24, 2.45) is 5.41 Å². The number of benzene rings is 6. The van der Waals surface area contributed by atoms with Gasteiger partial charge in [0, 0.05) is 36.0 Å². The predicted molar refractivity (Wildman–Crippen MR) is 238 cm³/mol. The zero-order chi connectivity index (χ0) is 40.2. The van der Waals surface area contributed by atoms with E-state index in [9.17, 15) is 20.1 Å². The summed E-state index contributed by atoms with van der Waals surface area (Å²) in [6.45, 7) is 9.47. The van der Waals surface area contributed by atoms with Crippen molar-refractivity contribution >= 4 is 56.6 Å². The zero-order valence-electron chi connectivity index (χ0n) is 33.4. The molecule has 6 aromatic carbocycles. The number of fused-ring (bicyclic) bond motifs is 5. The predicted octanol–water partition coefficient (Wildman–Crippen LogP) is 12.6. The third-order valence-electron chi connectivity index (χ3n) is 11.6. The molecule has 0 fully saturated rings. The minimum absolute atomic E-state index is 0.0781. The molecule has 288 valence electrons. The molecule has 5 nitrogen and oxygen atoms in total. The number of aliphatic hydroxyl groups excluding tert-OH is 1. The van der Waals surface area contributed by atoms with Gasteiger partial charge in [-0.05, 0) is 121 Å². The van der Waals surface area contributed by atoms with Crippen molar-refractivity contribution in [3.05, 3.63) is 160 Å². The van der Waals surface area contributed by atoms with Gasteiger partial charge in [0.2, 0.25) is 0 Å². The van der Waals surface area contributed by atoms with Gasteiger partial charge < -0.3 is 20.2 Å². The first-order valence-electron chi connectivity index (χ1n) is 19.6. The van der Waals surface area contributed by atoms with Crippen molar-refractivity contribution in [2.45, 2.75) is 62.7 Å². The lowest BCUT2D eigenvalue weighted by Crippen LogP contribution is -2.28. The average Bonchev–Trinajstić information content (AvgIpc) is 3.17. The summed E-state index contributed by atoms with van der Waals surface area (Å²) in [7, 11) is 4.12. The van der Waals surface area contributed by atoms with Gasteiger partial charge in [-0.3, -0.25) is 0 Å². The van der Waals surface area contributed by atoms with Crippen molar-refractivity contribution < 1.29 is 20.1 Å². The quantitative estimate of drug-likeness (QED) is 0.127. The number of aromatic hydroxyl groups is 1. The van der Waals surface area contributed by atoms with Gasteiger partial charge >= 0.3 is 5.97 Å². The van der Waals surface area contributed by atoms with Crippen molar-refractivity contribution in [1.29, 1.82) is 0 Å². The Morgan fingerprint density at radius 1 is 0.860 bits per heavy atom. The van der Waals surface area contributed by atoms with Crippen molar-refractivity contribution in [3.63, 3.8) is 0 Å². The van der Waals surface area contributed by atoms with E-state index in [1.165, 1.54) is 55.8 Å². The fourth-order valence-corrected chi connectivity index (χ4v) is 9.95. The van der Waals surface area contributed by atoms with E-state index in [-0.39, 0.29) is 22.1 Å². The number of hydrogen-bond acceptors (Lipinski definition) is 5. The Labute approximate surface area is 339 Å². The third-order valence-corrected chi connectivity index (χ3v) is 12.7. The van der Waals surface area contributed by atoms with E-state index >= 15 is 0 Å². The fraction of sp³-hybridized carbons (Fsp3) is 0.235. The zero-order valence-corrected chi connectivity index (χ0v) is 34.2. The molecular formula is C51H49NO4S. The second-order valence-corrected chi connectivity index (χ2v) is 18.1. The van der Waals surface area contributed by atoms with E-state index < -0.39 is 12.1 Å². The van der Waals surface area contributed by atoms with E-state index in [1.807, 2.05) is 23.9 Å². The van der Waals surface area contributed by atoms with Gasteiger partial charge in [-0.15, -0.1) is 11.8 Å². The minimum atomic E-state index is -1.20. The number of aromatic carboxylic acids is 1. The molecule has 0 saturated heterocycles. The topological polar surface area (TPSA) is 81.0 Å². The normalized spacial score (nSPS) is 16.2. The largest absolute Gasteiger partial charge is 0.507 e. The Kier molecular flexibility index (Phi) is 9.91. The summed E-state index contributed by atoms with van der Waals surface area (Å²) in [5.41, 5.74) is 11.3. The number of carboxylic acid groups (broad SMARTS) is 1.